The maximum Gasteiger partial charge on any atom is 0.340 e. The van der Waals surface area contributed by atoms with Crippen LogP contribution in [0.15, 0.2) is 18.2 Å². The Balaban J connectivity index is 3.49. The second kappa shape index (κ2) is 9.70. The topological polar surface area (TPSA) is 108 Å². The Kier molecular flexibility index (Phi) is 7.96. The van der Waals surface area contributed by atoms with Crippen LogP contribution in [0.25, 0.3) is 0 Å². The van der Waals surface area contributed by atoms with Crippen molar-refractivity contribution in [1.82, 2.24) is 5.32 Å². The van der Waals surface area contributed by atoms with Gasteiger partial charge in [-0.2, -0.15) is 0 Å². The van der Waals surface area contributed by atoms with Crippen molar-refractivity contribution < 1.29 is 33.4 Å². The van der Waals surface area contributed by atoms with Crippen LogP contribution in [0.3, 0.4) is 0 Å². The third kappa shape index (κ3) is 5.29. The van der Waals surface area contributed by atoms with E-state index in [-0.39, 0.29) is 18.8 Å². The first-order valence-electron chi connectivity index (χ1n) is 8.52. The Labute approximate surface area is 158 Å². The first-order chi connectivity index (χ1) is 12.7. The van der Waals surface area contributed by atoms with E-state index in [0.29, 0.717) is 11.3 Å². The van der Waals surface area contributed by atoms with Crippen molar-refractivity contribution in [2.75, 3.05) is 20.3 Å². The van der Waals surface area contributed by atoms with Gasteiger partial charge < -0.3 is 19.5 Å². The molecule has 1 unspecified atom stereocenters. The molecule has 0 heterocycles. The van der Waals surface area contributed by atoms with Gasteiger partial charge in [-0.25, -0.2) is 4.79 Å². The van der Waals surface area contributed by atoms with Gasteiger partial charge in [0, 0.05) is 12.5 Å². The summed E-state index contributed by atoms with van der Waals surface area (Å²) in [6.07, 6.45) is -0.677. The number of benzene rings is 1. The molecule has 8 heteroatoms. The van der Waals surface area contributed by atoms with Gasteiger partial charge in [-0.15, -0.1) is 0 Å². The minimum Gasteiger partial charge on any atom is -0.496 e. The lowest BCUT2D eigenvalue weighted by atomic mass is 9.85. The van der Waals surface area contributed by atoms with E-state index in [2.05, 4.69) is 5.32 Å². The Morgan fingerprint density at radius 2 is 1.70 bits per heavy atom. The van der Waals surface area contributed by atoms with Gasteiger partial charge in [0.2, 0.25) is 11.4 Å². The van der Waals surface area contributed by atoms with Crippen molar-refractivity contribution in [2.45, 2.75) is 39.7 Å². The Morgan fingerprint density at radius 1 is 1.07 bits per heavy atom. The van der Waals surface area contributed by atoms with Crippen LogP contribution >= 0.6 is 0 Å². The Bertz CT molecular complexity index is 729. The van der Waals surface area contributed by atoms with E-state index in [0.717, 1.165) is 6.92 Å². The number of aryl methyl sites for hydroxylation is 1. The summed E-state index contributed by atoms with van der Waals surface area (Å²) in [6.45, 7) is 6.06. The number of nitrogens with one attached hydrogen (secondary N) is 1. The second-order valence-corrected chi connectivity index (χ2v) is 5.80. The Hall–Kier alpha value is -2.90. The SMILES string of the molecule is CCOC(=O)CC(NC(C)=O)(C(=O)OCC)C(=O)c1ccc(OC)c(C)c1. The molecule has 1 aromatic carbocycles. The van der Waals surface area contributed by atoms with Crippen molar-refractivity contribution >= 4 is 23.6 Å². The smallest absolute Gasteiger partial charge is 0.340 e. The molecule has 0 bridgehead atoms. The highest BCUT2D eigenvalue weighted by Gasteiger charge is 2.50. The highest BCUT2D eigenvalue weighted by atomic mass is 16.5. The predicted molar refractivity (Wildman–Crippen MR) is 96.5 cm³/mol. The molecule has 0 fully saturated rings. The van der Waals surface area contributed by atoms with E-state index in [9.17, 15) is 19.2 Å². The normalized spacial score (nSPS) is 12.5. The maximum atomic E-state index is 13.2. The van der Waals surface area contributed by atoms with Crippen LogP contribution in [-0.4, -0.2) is 49.5 Å². The molecule has 0 saturated carbocycles. The summed E-state index contributed by atoms with van der Waals surface area (Å²) in [4.78, 5) is 49.8. The fraction of sp³-hybridized carbons (Fsp3) is 0.474. The number of hydrogen-bond acceptors (Lipinski definition) is 7. The van der Waals surface area contributed by atoms with E-state index in [4.69, 9.17) is 14.2 Å². The minimum absolute atomic E-state index is 0.0298. The van der Waals surface area contributed by atoms with Gasteiger partial charge in [0.1, 0.15) is 5.75 Å². The fourth-order valence-electron chi connectivity index (χ4n) is 2.65. The standard InChI is InChI=1S/C19H25NO7/c1-6-26-16(22)11-19(20-13(4)21,18(24)27-7-2)17(23)14-8-9-15(25-5)12(3)10-14/h8-10H,6-7,11H2,1-5H3,(H,20,21). The van der Waals surface area contributed by atoms with Crippen molar-refractivity contribution in [2.24, 2.45) is 0 Å². The van der Waals surface area contributed by atoms with E-state index >= 15 is 0 Å². The van der Waals surface area contributed by atoms with E-state index < -0.39 is 35.6 Å². The summed E-state index contributed by atoms with van der Waals surface area (Å²) in [5.74, 6) is -2.70. The molecular weight excluding hydrogens is 354 g/mol. The third-order valence-electron chi connectivity index (χ3n) is 3.77. The highest BCUT2D eigenvalue weighted by molar-refractivity contribution is 6.19. The number of ketones is 1. The van der Waals surface area contributed by atoms with Crippen molar-refractivity contribution in [3.8, 4) is 5.75 Å². The van der Waals surface area contributed by atoms with Crippen LogP contribution in [0.1, 0.15) is 43.1 Å². The summed E-state index contributed by atoms with van der Waals surface area (Å²) >= 11 is 0. The van der Waals surface area contributed by atoms with Crippen LogP contribution in [0.4, 0.5) is 0 Å². The zero-order valence-corrected chi connectivity index (χ0v) is 16.2. The highest BCUT2D eigenvalue weighted by Crippen LogP contribution is 2.25. The van der Waals surface area contributed by atoms with Gasteiger partial charge >= 0.3 is 11.9 Å². The average molecular weight is 379 g/mol. The lowest BCUT2D eigenvalue weighted by molar-refractivity contribution is -0.156. The van der Waals surface area contributed by atoms with Gasteiger partial charge in [-0.05, 0) is 44.5 Å². The lowest BCUT2D eigenvalue weighted by Gasteiger charge is -2.30. The molecule has 1 N–H and O–H groups in total. The Morgan fingerprint density at radius 3 is 2.19 bits per heavy atom. The number of carbonyl (C=O) groups is 4. The number of esters is 2. The molecule has 0 aliphatic rings. The molecule has 0 spiro atoms. The van der Waals surface area contributed by atoms with E-state index in [1.807, 2.05) is 0 Å². The summed E-state index contributed by atoms with van der Waals surface area (Å²) < 4.78 is 15.0. The molecule has 8 nitrogen and oxygen atoms in total. The van der Waals surface area contributed by atoms with E-state index in [1.165, 1.54) is 19.2 Å². The summed E-state index contributed by atoms with van der Waals surface area (Å²) in [7, 11) is 1.49. The van der Waals surface area contributed by atoms with Gasteiger partial charge in [-0.1, -0.05) is 0 Å². The van der Waals surface area contributed by atoms with Gasteiger partial charge in [0.15, 0.2) is 5.78 Å². The number of hydrogen-bond donors (Lipinski definition) is 1. The molecule has 0 aliphatic carbocycles. The van der Waals surface area contributed by atoms with Crippen molar-refractivity contribution in [3.05, 3.63) is 29.3 Å². The molecule has 0 radical (unpaired) electrons. The monoisotopic (exact) mass is 379 g/mol. The lowest BCUT2D eigenvalue weighted by Crippen LogP contribution is -2.61. The van der Waals surface area contributed by atoms with Crippen molar-refractivity contribution in [3.63, 3.8) is 0 Å². The number of carbonyl (C=O) groups excluding carboxylic acids is 4. The van der Waals surface area contributed by atoms with Crippen molar-refractivity contribution in [1.29, 1.82) is 0 Å². The largest absolute Gasteiger partial charge is 0.496 e. The quantitative estimate of drug-likeness (QED) is 0.394. The van der Waals surface area contributed by atoms with Gasteiger partial charge in [0.25, 0.3) is 0 Å². The number of methoxy groups -OCH3 is 1. The average Bonchev–Trinajstić information content (AvgIpc) is 2.60. The molecular formula is C19H25NO7. The second-order valence-electron chi connectivity index (χ2n) is 5.80. The van der Waals surface area contributed by atoms with Crippen LogP contribution in [-0.2, 0) is 23.9 Å². The molecule has 0 aliphatic heterocycles. The first-order valence-corrected chi connectivity index (χ1v) is 8.52. The number of rotatable bonds is 9. The molecule has 1 rings (SSSR count). The van der Waals surface area contributed by atoms with E-state index in [1.54, 1.807) is 26.8 Å². The molecule has 0 saturated heterocycles. The zero-order chi connectivity index (χ0) is 20.6. The van der Waals surface area contributed by atoms with Gasteiger partial charge in [0.05, 0.1) is 26.7 Å². The van der Waals surface area contributed by atoms with Crippen LogP contribution < -0.4 is 10.1 Å². The first kappa shape index (κ1) is 22.1. The number of amides is 1. The molecule has 1 amide bonds. The maximum absolute atomic E-state index is 13.2. The van der Waals surface area contributed by atoms with Crippen LogP contribution in [0.5, 0.6) is 5.75 Å². The molecule has 0 aromatic heterocycles. The summed E-state index contributed by atoms with van der Waals surface area (Å²) in [6, 6.07) is 4.54. The molecule has 27 heavy (non-hydrogen) atoms. The third-order valence-corrected chi connectivity index (χ3v) is 3.77. The summed E-state index contributed by atoms with van der Waals surface area (Å²) in [5.41, 5.74) is -1.44. The minimum atomic E-state index is -2.21. The fourth-order valence-corrected chi connectivity index (χ4v) is 2.65. The number of ether oxygens (including phenoxy) is 3. The molecule has 1 aromatic rings. The van der Waals surface area contributed by atoms with Gasteiger partial charge in [-0.3, -0.25) is 14.4 Å². The predicted octanol–water partition coefficient (Wildman–Crippen LogP) is 1.58. The zero-order valence-electron chi connectivity index (χ0n) is 16.2. The van der Waals surface area contributed by atoms with Crippen LogP contribution in [0, 0.1) is 6.92 Å². The summed E-state index contributed by atoms with van der Waals surface area (Å²) in [5, 5.41) is 2.32. The molecule has 1 atom stereocenters. The number of Topliss-reactive ketones (excluding diaryl/α,β-unsaturated/α-hetero) is 1. The van der Waals surface area contributed by atoms with Crippen LogP contribution in [0.2, 0.25) is 0 Å². The molecule has 148 valence electrons.